The van der Waals surface area contributed by atoms with Crippen molar-refractivity contribution in [1.82, 2.24) is 15.6 Å². The van der Waals surface area contributed by atoms with Crippen molar-refractivity contribution < 1.29 is 18.8 Å². The van der Waals surface area contributed by atoms with E-state index in [4.69, 9.17) is 10.2 Å². The zero-order valence-corrected chi connectivity index (χ0v) is 9.47. The van der Waals surface area contributed by atoms with Crippen molar-refractivity contribution >= 4 is 28.9 Å². The molecule has 0 saturated carbocycles. The van der Waals surface area contributed by atoms with Crippen LogP contribution in [0.5, 0.6) is 0 Å². The van der Waals surface area contributed by atoms with E-state index in [-0.39, 0.29) is 11.5 Å². The first-order valence-electron chi connectivity index (χ1n) is 5.36. The first-order valence-corrected chi connectivity index (χ1v) is 5.36. The molecule has 1 aliphatic heterocycles. The van der Waals surface area contributed by atoms with E-state index in [2.05, 4.69) is 15.6 Å². The van der Waals surface area contributed by atoms with Crippen LogP contribution in [0.4, 0.5) is 4.79 Å². The van der Waals surface area contributed by atoms with Gasteiger partial charge in [-0.1, -0.05) is 0 Å². The molecule has 1 unspecified atom stereocenters. The van der Waals surface area contributed by atoms with Crippen molar-refractivity contribution in [2.45, 2.75) is 6.04 Å². The molecule has 0 radical (unpaired) electrons. The van der Waals surface area contributed by atoms with Gasteiger partial charge in [0.05, 0.1) is 0 Å². The zero-order chi connectivity index (χ0) is 13.6. The van der Waals surface area contributed by atoms with E-state index in [1.807, 2.05) is 0 Å². The van der Waals surface area contributed by atoms with E-state index in [9.17, 15) is 14.4 Å². The molecule has 3 rings (SSSR count). The highest BCUT2D eigenvalue weighted by atomic mass is 16.3. The van der Waals surface area contributed by atoms with E-state index < -0.39 is 23.9 Å². The highest BCUT2D eigenvalue weighted by molar-refractivity contribution is 6.04. The topological polar surface area (TPSA) is 127 Å². The van der Waals surface area contributed by atoms with Crippen LogP contribution in [0.15, 0.2) is 22.6 Å². The minimum Gasteiger partial charge on any atom is -0.457 e. The Balaban J connectivity index is 2.04. The molecule has 1 saturated heterocycles. The van der Waals surface area contributed by atoms with E-state index in [1.54, 1.807) is 0 Å². The number of hydrogen-bond donors (Lipinski definition) is 3. The molecule has 0 bridgehead atoms. The number of nitrogens with zero attached hydrogens (tertiary/aromatic N) is 1. The molecular weight excluding hydrogens is 252 g/mol. The lowest BCUT2D eigenvalue weighted by atomic mass is 10.2. The molecule has 3 heterocycles. The van der Waals surface area contributed by atoms with Gasteiger partial charge >= 0.3 is 6.03 Å². The number of amides is 4. The van der Waals surface area contributed by atoms with Crippen molar-refractivity contribution in [3.05, 3.63) is 29.7 Å². The average molecular weight is 260 g/mol. The molecule has 4 amide bonds. The number of aromatic nitrogens is 1. The fourth-order valence-electron chi connectivity index (χ4n) is 1.84. The van der Waals surface area contributed by atoms with Crippen molar-refractivity contribution in [3.8, 4) is 0 Å². The lowest BCUT2D eigenvalue weighted by Crippen LogP contribution is -2.22. The van der Waals surface area contributed by atoms with Gasteiger partial charge in [0.15, 0.2) is 11.6 Å². The fourth-order valence-corrected chi connectivity index (χ4v) is 1.84. The molecule has 0 spiro atoms. The Hall–Kier alpha value is -2.90. The maximum absolute atomic E-state index is 11.5. The molecule has 2 aromatic heterocycles. The van der Waals surface area contributed by atoms with E-state index in [1.165, 1.54) is 18.2 Å². The van der Waals surface area contributed by atoms with Gasteiger partial charge < -0.3 is 15.5 Å². The number of primary amides is 1. The molecule has 1 aliphatic rings. The second-order valence-electron chi connectivity index (χ2n) is 3.99. The number of hydrogen-bond acceptors (Lipinski definition) is 5. The molecule has 19 heavy (non-hydrogen) atoms. The van der Waals surface area contributed by atoms with Crippen LogP contribution in [0, 0.1) is 0 Å². The predicted molar refractivity (Wildman–Crippen MR) is 61.9 cm³/mol. The Labute approximate surface area is 106 Å². The maximum atomic E-state index is 11.5. The predicted octanol–water partition coefficient (Wildman–Crippen LogP) is -0.193. The number of imide groups is 1. The van der Waals surface area contributed by atoms with E-state index >= 15 is 0 Å². The molecule has 8 heteroatoms. The summed E-state index contributed by atoms with van der Waals surface area (Å²) in [4.78, 5) is 37.5. The summed E-state index contributed by atoms with van der Waals surface area (Å²) in [6.45, 7) is 0. The van der Waals surface area contributed by atoms with Gasteiger partial charge in [0.2, 0.25) is 0 Å². The van der Waals surface area contributed by atoms with Gasteiger partial charge in [-0.3, -0.25) is 14.9 Å². The van der Waals surface area contributed by atoms with Gasteiger partial charge in [-0.05, 0) is 12.1 Å². The smallest absolute Gasteiger partial charge is 0.322 e. The van der Waals surface area contributed by atoms with Crippen LogP contribution < -0.4 is 16.4 Å². The fraction of sp³-hybridized carbons (Fsp3) is 0.0909. The molecule has 2 aromatic rings. The summed E-state index contributed by atoms with van der Waals surface area (Å²) in [5.74, 6) is -0.914. The Bertz CT molecular complexity index is 721. The highest BCUT2D eigenvalue weighted by Gasteiger charge is 2.33. The number of pyridine rings is 1. The van der Waals surface area contributed by atoms with Gasteiger partial charge in [0, 0.05) is 6.07 Å². The van der Waals surface area contributed by atoms with Gasteiger partial charge in [0.25, 0.3) is 11.8 Å². The summed E-state index contributed by atoms with van der Waals surface area (Å²) in [7, 11) is 0. The molecule has 1 fully saturated rings. The lowest BCUT2D eigenvalue weighted by Gasteiger charge is -2.00. The average Bonchev–Trinajstić information content (AvgIpc) is 2.90. The quantitative estimate of drug-likeness (QED) is 0.644. The molecule has 96 valence electrons. The maximum Gasteiger partial charge on any atom is 0.322 e. The summed E-state index contributed by atoms with van der Waals surface area (Å²) >= 11 is 0. The Kier molecular flexibility index (Phi) is 2.24. The van der Waals surface area contributed by atoms with Crippen molar-refractivity contribution in [2.24, 2.45) is 5.73 Å². The number of urea groups is 1. The molecule has 1 atom stereocenters. The standard InChI is InChI=1S/C11H8N4O4/c12-9(16)4-1-2-6-5(13-4)3-7(19-6)8-10(17)15-11(18)14-8/h1-3,8H,(H2,12,16)(H2,14,15,17,18). The second-order valence-corrected chi connectivity index (χ2v) is 3.99. The largest absolute Gasteiger partial charge is 0.457 e. The summed E-state index contributed by atoms with van der Waals surface area (Å²) in [5.41, 5.74) is 6.00. The third kappa shape index (κ3) is 1.79. The SMILES string of the molecule is NC(=O)c1ccc2oc(C3NC(=O)NC3=O)cc2n1. The van der Waals surface area contributed by atoms with E-state index in [0.29, 0.717) is 11.1 Å². The number of rotatable bonds is 2. The van der Waals surface area contributed by atoms with Gasteiger partial charge in [-0.25, -0.2) is 9.78 Å². The van der Waals surface area contributed by atoms with Crippen LogP contribution in [0.3, 0.4) is 0 Å². The summed E-state index contributed by atoms with van der Waals surface area (Å²) in [6, 6.07) is 2.96. The molecular formula is C11H8N4O4. The van der Waals surface area contributed by atoms with Crippen molar-refractivity contribution in [1.29, 1.82) is 0 Å². The van der Waals surface area contributed by atoms with Crippen LogP contribution in [-0.4, -0.2) is 22.8 Å². The normalized spacial score (nSPS) is 18.4. The number of carbonyl (C=O) groups excluding carboxylic acids is 3. The molecule has 0 aliphatic carbocycles. The van der Waals surface area contributed by atoms with Gasteiger partial charge in [-0.15, -0.1) is 0 Å². The zero-order valence-electron chi connectivity index (χ0n) is 9.47. The number of fused-ring (bicyclic) bond motifs is 1. The number of nitrogens with one attached hydrogen (secondary N) is 2. The second kappa shape index (κ2) is 3.80. The summed E-state index contributed by atoms with van der Waals surface area (Å²) < 4.78 is 5.42. The molecule has 4 N–H and O–H groups in total. The van der Waals surface area contributed by atoms with Crippen molar-refractivity contribution in [3.63, 3.8) is 0 Å². The monoisotopic (exact) mass is 260 g/mol. The van der Waals surface area contributed by atoms with Gasteiger partial charge in [-0.2, -0.15) is 0 Å². The lowest BCUT2D eigenvalue weighted by molar-refractivity contribution is -0.120. The van der Waals surface area contributed by atoms with E-state index in [0.717, 1.165) is 0 Å². The van der Waals surface area contributed by atoms with Crippen LogP contribution in [0.2, 0.25) is 0 Å². The summed E-state index contributed by atoms with van der Waals surface area (Å²) in [5, 5.41) is 4.50. The minimum absolute atomic E-state index is 0.0970. The van der Waals surface area contributed by atoms with Gasteiger partial charge in [0.1, 0.15) is 17.0 Å². The molecule has 8 nitrogen and oxygen atoms in total. The summed E-state index contributed by atoms with van der Waals surface area (Å²) in [6.07, 6.45) is 0. The minimum atomic E-state index is -0.890. The Morgan fingerprint density at radius 3 is 2.79 bits per heavy atom. The number of carbonyl (C=O) groups is 3. The first-order chi connectivity index (χ1) is 9.04. The third-order valence-corrected chi connectivity index (χ3v) is 2.70. The molecule has 0 aromatic carbocycles. The van der Waals surface area contributed by atoms with Crippen LogP contribution in [0.25, 0.3) is 11.1 Å². The number of nitrogens with two attached hydrogens (primary N) is 1. The highest BCUT2D eigenvalue weighted by Crippen LogP contribution is 2.24. The van der Waals surface area contributed by atoms with Crippen LogP contribution >= 0.6 is 0 Å². The Morgan fingerprint density at radius 1 is 1.37 bits per heavy atom. The van der Waals surface area contributed by atoms with Crippen molar-refractivity contribution in [2.75, 3.05) is 0 Å². The third-order valence-electron chi connectivity index (χ3n) is 2.70. The van der Waals surface area contributed by atoms with Crippen LogP contribution in [-0.2, 0) is 4.79 Å². The van der Waals surface area contributed by atoms with Crippen LogP contribution in [0.1, 0.15) is 22.3 Å². The Morgan fingerprint density at radius 2 is 2.16 bits per heavy atom. The number of furan rings is 1. The first kappa shape index (κ1) is 11.2.